The van der Waals surface area contributed by atoms with Gasteiger partial charge in [-0.2, -0.15) is 0 Å². The number of hydrogen-bond acceptors (Lipinski definition) is 10. The number of benzene rings is 1. The van der Waals surface area contributed by atoms with Crippen LogP contribution >= 0.6 is 0 Å². The highest BCUT2D eigenvalue weighted by atomic mass is 35.5. The molecule has 2 saturated heterocycles. The highest BCUT2D eigenvalue weighted by Gasteiger charge is 2.66. The zero-order valence-corrected chi connectivity index (χ0v) is 21.3. The predicted molar refractivity (Wildman–Crippen MR) is 120 cm³/mol. The van der Waals surface area contributed by atoms with E-state index in [2.05, 4.69) is 13.1 Å². The van der Waals surface area contributed by atoms with Crippen molar-refractivity contribution in [2.75, 3.05) is 27.3 Å². The molecule has 12 heteroatoms. The van der Waals surface area contributed by atoms with Gasteiger partial charge in [0, 0.05) is 24.3 Å². The van der Waals surface area contributed by atoms with Gasteiger partial charge in [0.25, 0.3) is 0 Å². The zero-order chi connectivity index (χ0) is 25.4. The largest absolute Gasteiger partial charge is 1.00 e. The molecular formula is C25H32ClNO10. The van der Waals surface area contributed by atoms with Gasteiger partial charge in [-0.3, -0.25) is 0 Å². The summed E-state index contributed by atoms with van der Waals surface area (Å²) in [5.41, 5.74) is 2.10. The molecular weight excluding hydrogens is 510 g/mol. The van der Waals surface area contributed by atoms with E-state index in [1.165, 1.54) is 16.0 Å². The predicted octanol–water partition coefficient (Wildman–Crippen LogP) is -4.60. The number of likely N-dealkylation sites (tertiary alicyclic amines) is 1. The molecule has 2 aliphatic carbocycles. The molecule has 37 heavy (non-hydrogen) atoms. The highest BCUT2D eigenvalue weighted by Crippen LogP contribution is 2.62. The molecule has 10 atom stereocenters. The summed E-state index contributed by atoms with van der Waals surface area (Å²) in [6.45, 7) is 0.490. The Morgan fingerprint density at radius 2 is 1.97 bits per heavy atom. The van der Waals surface area contributed by atoms with Crippen LogP contribution in [-0.2, 0) is 26.0 Å². The third-order valence-electron chi connectivity index (χ3n) is 8.84. The summed E-state index contributed by atoms with van der Waals surface area (Å²) in [6, 6.07) is 4.48. The van der Waals surface area contributed by atoms with Crippen LogP contribution in [0.5, 0.6) is 11.5 Å². The maximum Gasteiger partial charge on any atom is 0.513 e. The first-order chi connectivity index (χ1) is 17.3. The van der Waals surface area contributed by atoms with Crippen LogP contribution in [-0.4, -0.2) is 96.7 Å². The molecule has 204 valence electrons. The van der Waals surface area contributed by atoms with Gasteiger partial charge in [0.1, 0.15) is 36.8 Å². The van der Waals surface area contributed by atoms with E-state index < -0.39 is 49.6 Å². The lowest BCUT2D eigenvalue weighted by Crippen LogP contribution is -3.16. The average molecular weight is 542 g/mol. The summed E-state index contributed by atoms with van der Waals surface area (Å²) in [6.07, 6.45) is -4.84. The number of aliphatic hydroxyl groups excluding tert-OH is 4. The number of carbonyl (C=O) groups is 1. The van der Waals surface area contributed by atoms with Gasteiger partial charge < -0.3 is 61.4 Å². The van der Waals surface area contributed by atoms with E-state index in [4.69, 9.17) is 23.7 Å². The van der Waals surface area contributed by atoms with Crippen LogP contribution in [0.4, 0.5) is 4.79 Å². The van der Waals surface area contributed by atoms with Crippen LogP contribution in [0, 0.1) is 5.92 Å². The Kier molecular flexibility index (Phi) is 6.85. The highest BCUT2D eigenvalue weighted by molar-refractivity contribution is 5.65. The number of allylic oxidation sites excluding steroid dienone is 1. The maximum absolute atomic E-state index is 12.7. The molecule has 2 bridgehead atoms. The minimum atomic E-state index is -1.72. The summed E-state index contributed by atoms with van der Waals surface area (Å²) in [4.78, 5) is 14.2. The Hall–Kier alpha value is -2.12. The Balaban J connectivity index is 0.00000280. The van der Waals surface area contributed by atoms with E-state index in [0.717, 1.165) is 25.8 Å². The van der Waals surface area contributed by atoms with E-state index in [-0.39, 0.29) is 17.8 Å². The number of piperidine rings is 1. The normalized spacial score (nSPS) is 40.9. The van der Waals surface area contributed by atoms with Gasteiger partial charge in [-0.15, -0.1) is 0 Å². The molecule has 0 radical (unpaired) electrons. The van der Waals surface area contributed by atoms with Crippen LogP contribution < -0.4 is 26.8 Å². The van der Waals surface area contributed by atoms with Crippen molar-refractivity contribution < 1.29 is 66.2 Å². The number of halogens is 1. The molecule has 5 N–H and O–H groups in total. The molecule has 3 heterocycles. The summed E-state index contributed by atoms with van der Waals surface area (Å²) in [5, 5.41) is 39.2. The van der Waals surface area contributed by atoms with Crippen LogP contribution in [0.2, 0.25) is 0 Å². The topological polar surface area (TPSA) is 149 Å². The van der Waals surface area contributed by atoms with Crippen LogP contribution in [0.25, 0.3) is 0 Å². The third-order valence-corrected chi connectivity index (χ3v) is 8.84. The smallest absolute Gasteiger partial charge is 0.513 e. The fourth-order valence-electron chi connectivity index (χ4n) is 7.06. The quantitative estimate of drug-likeness (QED) is 0.236. The van der Waals surface area contributed by atoms with Crippen LogP contribution in [0.3, 0.4) is 0 Å². The van der Waals surface area contributed by atoms with Crippen molar-refractivity contribution in [3.63, 3.8) is 0 Å². The number of rotatable bonds is 4. The van der Waals surface area contributed by atoms with Gasteiger partial charge in [-0.05, 0) is 24.1 Å². The van der Waals surface area contributed by atoms with Gasteiger partial charge in [0.2, 0.25) is 0 Å². The molecule has 0 amide bonds. The number of carbonyl (C=O) groups excluding carboxylic acids is 1. The second kappa shape index (κ2) is 9.57. The zero-order valence-electron chi connectivity index (χ0n) is 20.5. The minimum absolute atomic E-state index is 0. The Morgan fingerprint density at radius 3 is 2.73 bits per heavy atom. The van der Waals surface area contributed by atoms with E-state index in [1.54, 1.807) is 7.11 Å². The molecule has 1 aromatic carbocycles. The van der Waals surface area contributed by atoms with Gasteiger partial charge >= 0.3 is 6.16 Å². The Labute approximate surface area is 219 Å². The van der Waals surface area contributed by atoms with E-state index >= 15 is 0 Å². The van der Waals surface area contributed by atoms with E-state index in [9.17, 15) is 25.2 Å². The van der Waals surface area contributed by atoms with Crippen molar-refractivity contribution >= 4 is 6.16 Å². The number of quaternary nitrogens is 1. The standard InChI is InChI=1S/C25H31NO10.ClH/c1-26-8-7-25-12-4-6-15(35-24(31)33-10-16-18(27)19(28)20(29)23(30)34-16)22(25)36-21-14(32-2)5-3-11(17(21)25)9-13(12)26;/h3,5-6,12-13,16,18-20,22-23,27-30H,4,7-10H2,1-2H3;1H/t12?,13-,16-,18+,19+,20-,22?,23+,25+;/m1./s1. The average Bonchev–Trinajstić information content (AvgIpc) is 3.22. The summed E-state index contributed by atoms with van der Waals surface area (Å²) >= 11 is 0. The van der Waals surface area contributed by atoms with Gasteiger partial charge in [0.05, 0.1) is 32.2 Å². The fraction of sp³-hybridized carbons (Fsp3) is 0.640. The van der Waals surface area contributed by atoms with Crippen molar-refractivity contribution in [3.05, 3.63) is 35.1 Å². The second-order valence-corrected chi connectivity index (χ2v) is 10.5. The van der Waals surface area contributed by atoms with Gasteiger partial charge in [0.15, 0.2) is 23.9 Å². The second-order valence-electron chi connectivity index (χ2n) is 10.5. The van der Waals surface area contributed by atoms with Crippen molar-refractivity contribution in [1.82, 2.24) is 0 Å². The molecule has 11 nitrogen and oxygen atoms in total. The molecule has 6 rings (SSSR count). The molecule has 1 aromatic rings. The first-order valence-corrected chi connectivity index (χ1v) is 12.4. The Bertz CT molecular complexity index is 1100. The van der Waals surface area contributed by atoms with Crippen LogP contribution in [0.1, 0.15) is 24.0 Å². The first kappa shape index (κ1) is 26.5. The fourth-order valence-corrected chi connectivity index (χ4v) is 7.06. The van der Waals surface area contributed by atoms with E-state index in [1.807, 2.05) is 12.1 Å². The number of methoxy groups -OCH3 is 1. The molecule has 5 aliphatic rings. The van der Waals surface area contributed by atoms with E-state index in [0.29, 0.717) is 29.2 Å². The van der Waals surface area contributed by atoms with Crippen molar-refractivity contribution in [3.8, 4) is 11.5 Å². The number of hydrogen-bond donors (Lipinski definition) is 5. The third kappa shape index (κ3) is 3.82. The van der Waals surface area contributed by atoms with Crippen LogP contribution in [0.15, 0.2) is 24.0 Å². The SMILES string of the molecule is COc1ccc2c3c1OC1C(OC(=O)OC[C@H]4O[C@H](O)[C@H](O)[C@@H](O)[C@H]4O)=CCC4[C@@H](C2)[NH+](C)CC[C@]314.[Cl-]. The Morgan fingerprint density at radius 1 is 1.19 bits per heavy atom. The molecule has 0 aromatic heterocycles. The summed E-state index contributed by atoms with van der Waals surface area (Å²) in [5.74, 6) is 2.08. The lowest BCUT2D eigenvalue weighted by molar-refractivity contribution is -0.918. The maximum atomic E-state index is 12.7. The lowest BCUT2D eigenvalue weighted by Gasteiger charge is -2.54. The summed E-state index contributed by atoms with van der Waals surface area (Å²) < 4.78 is 28.0. The molecule has 3 aliphatic heterocycles. The van der Waals surface area contributed by atoms with Gasteiger partial charge in [-0.25, -0.2) is 4.79 Å². The summed E-state index contributed by atoms with van der Waals surface area (Å²) in [7, 11) is 3.85. The molecule has 1 spiro atoms. The first-order valence-electron chi connectivity index (χ1n) is 12.4. The van der Waals surface area contributed by atoms with Gasteiger partial charge in [-0.1, -0.05) is 6.07 Å². The molecule has 3 unspecified atom stereocenters. The van der Waals surface area contributed by atoms with Crippen molar-refractivity contribution in [2.45, 2.75) is 67.5 Å². The molecule has 0 saturated carbocycles. The lowest BCUT2D eigenvalue weighted by atomic mass is 9.53. The molecule has 2 fully saturated rings. The monoisotopic (exact) mass is 541 g/mol. The number of likely N-dealkylation sites (N-methyl/N-ethyl adjacent to an activating group) is 1. The minimum Gasteiger partial charge on any atom is -1.00 e. The number of nitrogens with one attached hydrogen (secondary N) is 1. The van der Waals surface area contributed by atoms with Crippen molar-refractivity contribution in [1.29, 1.82) is 0 Å². The number of aliphatic hydroxyl groups is 4. The van der Waals surface area contributed by atoms with Crippen molar-refractivity contribution in [2.24, 2.45) is 5.92 Å². The number of ether oxygens (including phenoxy) is 5.